The van der Waals surface area contributed by atoms with Gasteiger partial charge in [-0.25, -0.2) is 14.1 Å². The van der Waals surface area contributed by atoms with Gasteiger partial charge in [0.05, 0.1) is 22.9 Å². The lowest BCUT2D eigenvalue weighted by atomic mass is 10.00. The van der Waals surface area contributed by atoms with Crippen LogP contribution in [0, 0.1) is 5.82 Å². The van der Waals surface area contributed by atoms with Crippen LogP contribution in [0.4, 0.5) is 16.2 Å². The summed E-state index contributed by atoms with van der Waals surface area (Å²) in [5.41, 5.74) is 10.5. The third-order valence-electron chi connectivity index (χ3n) is 6.00. The Balaban J connectivity index is 1.61. The molecule has 8 heteroatoms. The summed E-state index contributed by atoms with van der Waals surface area (Å²) >= 11 is 0. The summed E-state index contributed by atoms with van der Waals surface area (Å²) in [6, 6.07) is 14.4. The number of halogens is 1. The average molecular weight is 447 g/mol. The van der Waals surface area contributed by atoms with Crippen molar-refractivity contribution < 1.29 is 9.13 Å². The first-order valence-electron chi connectivity index (χ1n) is 11.3. The molecule has 1 fully saturated rings. The number of benzene rings is 2. The Bertz CT molecular complexity index is 1260. The second-order valence-electron chi connectivity index (χ2n) is 8.66. The van der Waals surface area contributed by atoms with Crippen LogP contribution in [0.2, 0.25) is 0 Å². The van der Waals surface area contributed by atoms with Gasteiger partial charge in [0.25, 0.3) is 0 Å². The quantitative estimate of drug-likeness (QED) is 0.437. The SMILES string of the molecule is CC(C)c1ccc(-c2nc(NCC3CCCO3)nc3nn(-c4ccc(F)cc4)c(N)c23)cc1. The fraction of sp³-hybridized carbons (Fsp3) is 0.320. The first-order chi connectivity index (χ1) is 16.0. The normalized spacial score (nSPS) is 16.1. The van der Waals surface area contributed by atoms with Crippen LogP contribution >= 0.6 is 0 Å². The number of hydrogen-bond acceptors (Lipinski definition) is 6. The van der Waals surface area contributed by atoms with Crippen molar-refractivity contribution in [1.29, 1.82) is 0 Å². The van der Waals surface area contributed by atoms with Crippen molar-refractivity contribution in [1.82, 2.24) is 19.7 Å². The Kier molecular flexibility index (Phi) is 5.68. The van der Waals surface area contributed by atoms with Crippen LogP contribution in [-0.4, -0.2) is 39.0 Å². The highest BCUT2D eigenvalue weighted by molar-refractivity contribution is 5.99. The summed E-state index contributed by atoms with van der Waals surface area (Å²) in [4.78, 5) is 9.45. The Hall–Kier alpha value is -3.52. The molecule has 1 unspecified atom stereocenters. The molecule has 1 saturated heterocycles. The second-order valence-corrected chi connectivity index (χ2v) is 8.66. The maximum absolute atomic E-state index is 13.4. The summed E-state index contributed by atoms with van der Waals surface area (Å²) in [6.07, 6.45) is 2.24. The molecule has 3 N–H and O–H groups in total. The van der Waals surface area contributed by atoms with Crippen molar-refractivity contribution >= 4 is 22.8 Å². The van der Waals surface area contributed by atoms with Gasteiger partial charge in [0.15, 0.2) is 5.65 Å². The molecule has 170 valence electrons. The van der Waals surface area contributed by atoms with E-state index in [2.05, 4.69) is 53.5 Å². The van der Waals surface area contributed by atoms with Gasteiger partial charge >= 0.3 is 0 Å². The monoisotopic (exact) mass is 446 g/mol. The molecule has 7 nitrogen and oxygen atoms in total. The number of anilines is 2. The zero-order valence-electron chi connectivity index (χ0n) is 18.8. The lowest BCUT2D eigenvalue weighted by molar-refractivity contribution is 0.120. The molecular weight excluding hydrogens is 419 g/mol. The van der Waals surface area contributed by atoms with Crippen LogP contribution in [0.5, 0.6) is 0 Å². The van der Waals surface area contributed by atoms with E-state index in [-0.39, 0.29) is 11.9 Å². The van der Waals surface area contributed by atoms with Gasteiger partial charge in [0.1, 0.15) is 11.6 Å². The second kappa shape index (κ2) is 8.78. The number of fused-ring (bicyclic) bond motifs is 1. The molecule has 3 heterocycles. The highest BCUT2D eigenvalue weighted by Gasteiger charge is 2.21. The number of aromatic nitrogens is 4. The van der Waals surface area contributed by atoms with Gasteiger partial charge in [-0.1, -0.05) is 38.1 Å². The van der Waals surface area contributed by atoms with Crippen molar-refractivity contribution in [2.45, 2.75) is 38.7 Å². The standard InChI is InChI=1S/C25H27FN6O/c1-15(2)16-5-7-17(8-6-16)22-21-23(27)32(19-11-9-18(26)10-12-19)31-24(21)30-25(29-22)28-14-20-4-3-13-33-20/h5-12,15,20H,3-4,13-14,27H2,1-2H3,(H,28,30,31). The summed E-state index contributed by atoms with van der Waals surface area (Å²) < 4.78 is 20.7. The predicted octanol–water partition coefficient (Wildman–Crippen LogP) is 4.92. The van der Waals surface area contributed by atoms with Gasteiger partial charge in [-0.05, 0) is 48.6 Å². The minimum absolute atomic E-state index is 0.153. The van der Waals surface area contributed by atoms with E-state index in [1.807, 2.05) is 0 Å². The van der Waals surface area contributed by atoms with Crippen LogP contribution in [-0.2, 0) is 4.74 Å². The van der Waals surface area contributed by atoms with Gasteiger partial charge in [-0.3, -0.25) is 0 Å². The van der Waals surface area contributed by atoms with E-state index < -0.39 is 0 Å². The zero-order chi connectivity index (χ0) is 22.9. The fourth-order valence-corrected chi connectivity index (χ4v) is 4.12. The first-order valence-corrected chi connectivity index (χ1v) is 11.3. The van der Waals surface area contributed by atoms with Gasteiger partial charge < -0.3 is 15.8 Å². The van der Waals surface area contributed by atoms with Crippen LogP contribution in [0.1, 0.15) is 38.2 Å². The van der Waals surface area contributed by atoms with E-state index in [0.717, 1.165) is 25.0 Å². The van der Waals surface area contributed by atoms with Crippen molar-refractivity contribution in [2.24, 2.45) is 0 Å². The van der Waals surface area contributed by atoms with Crippen molar-refractivity contribution in [3.05, 3.63) is 59.9 Å². The van der Waals surface area contributed by atoms with Gasteiger partial charge in [-0.2, -0.15) is 4.98 Å². The minimum atomic E-state index is -0.319. The maximum Gasteiger partial charge on any atom is 0.225 e. The molecule has 0 saturated carbocycles. The molecule has 4 aromatic rings. The van der Waals surface area contributed by atoms with Crippen LogP contribution in [0.3, 0.4) is 0 Å². The van der Waals surface area contributed by atoms with Crippen molar-refractivity contribution in [3.8, 4) is 16.9 Å². The molecule has 5 rings (SSSR count). The van der Waals surface area contributed by atoms with E-state index in [9.17, 15) is 4.39 Å². The maximum atomic E-state index is 13.4. The van der Waals surface area contributed by atoms with E-state index in [1.54, 1.807) is 16.8 Å². The number of nitrogen functional groups attached to an aromatic ring is 1. The molecule has 0 spiro atoms. The summed E-state index contributed by atoms with van der Waals surface area (Å²) in [6.45, 7) is 5.75. The number of rotatable bonds is 6. The third kappa shape index (κ3) is 4.26. The zero-order valence-corrected chi connectivity index (χ0v) is 18.8. The number of nitrogens with two attached hydrogens (primary N) is 1. The molecule has 1 aliphatic heterocycles. The number of ether oxygens (including phenoxy) is 1. The topological polar surface area (TPSA) is 90.9 Å². The van der Waals surface area contributed by atoms with Gasteiger partial charge in [0, 0.05) is 18.7 Å². The smallest absolute Gasteiger partial charge is 0.225 e. The highest BCUT2D eigenvalue weighted by Crippen LogP contribution is 2.33. The van der Waals surface area contributed by atoms with Crippen LogP contribution in [0.25, 0.3) is 28.0 Å². The third-order valence-corrected chi connectivity index (χ3v) is 6.00. The first kappa shape index (κ1) is 21.3. The Labute approximate surface area is 191 Å². The molecule has 33 heavy (non-hydrogen) atoms. The molecular formula is C25H27FN6O. The molecule has 2 aromatic carbocycles. The Morgan fingerprint density at radius 3 is 2.55 bits per heavy atom. The molecule has 1 atom stereocenters. The number of nitrogens with one attached hydrogen (secondary N) is 1. The van der Waals surface area contributed by atoms with E-state index in [4.69, 9.17) is 15.5 Å². The minimum Gasteiger partial charge on any atom is -0.383 e. The van der Waals surface area contributed by atoms with E-state index >= 15 is 0 Å². The van der Waals surface area contributed by atoms with Crippen molar-refractivity contribution in [3.63, 3.8) is 0 Å². The van der Waals surface area contributed by atoms with E-state index in [1.165, 1.54) is 17.7 Å². The van der Waals surface area contributed by atoms with E-state index in [0.29, 0.717) is 46.6 Å². The number of hydrogen-bond donors (Lipinski definition) is 2. The van der Waals surface area contributed by atoms with Crippen molar-refractivity contribution in [2.75, 3.05) is 24.2 Å². The Morgan fingerprint density at radius 2 is 1.88 bits per heavy atom. The predicted molar refractivity (Wildman–Crippen MR) is 128 cm³/mol. The lowest BCUT2D eigenvalue weighted by Gasteiger charge is -2.12. The Morgan fingerprint density at radius 1 is 1.12 bits per heavy atom. The largest absolute Gasteiger partial charge is 0.383 e. The molecule has 2 aromatic heterocycles. The lowest BCUT2D eigenvalue weighted by Crippen LogP contribution is -2.19. The van der Waals surface area contributed by atoms with Crippen LogP contribution < -0.4 is 11.1 Å². The number of nitrogens with zero attached hydrogens (tertiary/aromatic N) is 4. The van der Waals surface area contributed by atoms with Crippen LogP contribution in [0.15, 0.2) is 48.5 Å². The summed E-state index contributed by atoms with van der Waals surface area (Å²) in [7, 11) is 0. The summed E-state index contributed by atoms with van der Waals surface area (Å²) in [5.74, 6) is 0.995. The summed E-state index contributed by atoms with van der Waals surface area (Å²) in [5, 5.41) is 8.60. The van der Waals surface area contributed by atoms with Gasteiger partial charge in [-0.15, -0.1) is 5.10 Å². The fourth-order valence-electron chi connectivity index (χ4n) is 4.12. The molecule has 0 bridgehead atoms. The molecule has 0 amide bonds. The van der Waals surface area contributed by atoms with Gasteiger partial charge in [0.2, 0.25) is 5.95 Å². The molecule has 0 radical (unpaired) electrons. The highest BCUT2D eigenvalue weighted by atomic mass is 19.1. The average Bonchev–Trinajstić information content (AvgIpc) is 3.46. The molecule has 0 aliphatic carbocycles. The molecule has 1 aliphatic rings.